The van der Waals surface area contributed by atoms with E-state index in [1.807, 2.05) is 31.2 Å². The number of amides is 2. The number of para-hydroxylation sites is 1. The minimum atomic E-state index is -0.0118. The fourth-order valence-corrected chi connectivity index (χ4v) is 2.32. The Morgan fingerprint density at radius 3 is 2.95 bits per heavy atom. The van der Waals surface area contributed by atoms with Crippen LogP contribution in [0.5, 0.6) is 0 Å². The Hall–Kier alpha value is -1.88. The van der Waals surface area contributed by atoms with Crippen molar-refractivity contribution < 1.29 is 9.59 Å². The van der Waals surface area contributed by atoms with Gasteiger partial charge in [-0.15, -0.1) is 0 Å². The molecule has 2 rings (SSSR count). The van der Waals surface area contributed by atoms with Gasteiger partial charge >= 0.3 is 0 Å². The molecule has 0 spiro atoms. The van der Waals surface area contributed by atoms with Gasteiger partial charge in [0.15, 0.2) is 0 Å². The number of benzene rings is 1. The van der Waals surface area contributed by atoms with E-state index >= 15 is 0 Å². The molecule has 1 aromatic rings. The molecule has 20 heavy (non-hydrogen) atoms. The minimum Gasteiger partial charge on any atom is -0.354 e. The van der Waals surface area contributed by atoms with Gasteiger partial charge in [0.2, 0.25) is 11.8 Å². The fraction of sp³-hybridized carbons (Fsp3) is 0.467. The smallest absolute Gasteiger partial charge is 0.231 e. The molecule has 0 radical (unpaired) electrons. The first-order chi connectivity index (χ1) is 9.58. The van der Waals surface area contributed by atoms with Gasteiger partial charge in [-0.2, -0.15) is 0 Å². The summed E-state index contributed by atoms with van der Waals surface area (Å²) in [6.45, 7) is 2.87. The Balaban J connectivity index is 1.80. The zero-order chi connectivity index (χ0) is 14.5. The number of rotatable bonds is 6. The predicted molar refractivity (Wildman–Crippen MR) is 78.4 cm³/mol. The molecule has 1 heterocycles. The summed E-state index contributed by atoms with van der Waals surface area (Å²) in [6, 6.07) is 7.80. The summed E-state index contributed by atoms with van der Waals surface area (Å²) >= 11 is 0. The molecule has 0 bridgehead atoms. The Kier molecular flexibility index (Phi) is 4.74. The standard InChI is InChI=1S/C15H21N3O2/c1-11(16)6-7-14(19)17-8-9-18-13-5-3-2-4-12(13)10-15(18)20/h2-5,11H,6-10,16H2,1H3,(H,17,19). The third-order valence-electron chi connectivity index (χ3n) is 3.41. The van der Waals surface area contributed by atoms with Crippen LogP contribution in [0.15, 0.2) is 24.3 Å². The van der Waals surface area contributed by atoms with Crippen LogP contribution in [0.2, 0.25) is 0 Å². The Morgan fingerprint density at radius 2 is 2.20 bits per heavy atom. The van der Waals surface area contributed by atoms with Crippen molar-refractivity contribution in [2.45, 2.75) is 32.2 Å². The molecule has 1 atom stereocenters. The zero-order valence-electron chi connectivity index (χ0n) is 11.8. The quantitative estimate of drug-likeness (QED) is 0.807. The van der Waals surface area contributed by atoms with E-state index in [-0.39, 0.29) is 17.9 Å². The van der Waals surface area contributed by atoms with Crippen molar-refractivity contribution in [2.75, 3.05) is 18.0 Å². The molecule has 108 valence electrons. The summed E-state index contributed by atoms with van der Waals surface area (Å²) in [5, 5.41) is 2.83. The largest absolute Gasteiger partial charge is 0.354 e. The first-order valence-electron chi connectivity index (χ1n) is 6.98. The lowest BCUT2D eigenvalue weighted by molar-refractivity contribution is -0.121. The van der Waals surface area contributed by atoms with Gasteiger partial charge < -0.3 is 16.0 Å². The van der Waals surface area contributed by atoms with E-state index in [9.17, 15) is 9.59 Å². The number of nitrogens with zero attached hydrogens (tertiary/aromatic N) is 1. The number of anilines is 1. The molecule has 5 heteroatoms. The lowest BCUT2D eigenvalue weighted by Crippen LogP contribution is -2.36. The molecule has 0 fully saturated rings. The highest BCUT2D eigenvalue weighted by Crippen LogP contribution is 2.27. The summed E-state index contributed by atoms with van der Waals surface area (Å²) < 4.78 is 0. The van der Waals surface area contributed by atoms with Crippen LogP contribution in [0.1, 0.15) is 25.3 Å². The SMILES string of the molecule is CC(N)CCC(=O)NCCN1C(=O)Cc2ccccc21. The molecule has 0 aromatic heterocycles. The number of fused-ring (bicyclic) bond motifs is 1. The van der Waals surface area contributed by atoms with E-state index < -0.39 is 0 Å². The third-order valence-corrected chi connectivity index (χ3v) is 3.41. The molecular weight excluding hydrogens is 254 g/mol. The van der Waals surface area contributed by atoms with Crippen LogP contribution in [-0.2, 0) is 16.0 Å². The summed E-state index contributed by atoms with van der Waals surface area (Å²) in [5.41, 5.74) is 7.62. The molecule has 2 amide bonds. The first kappa shape index (κ1) is 14.5. The van der Waals surface area contributed by atoms with Crippen molar-refractivity contribution in [3.8, 4) is 0 Å². The molecule has 5 nitrogen and oxygen atoms in total. The summed E-state index contributed by atoms with van der Waals surface area (Å²) in [4.78, 5) is 25.2. The summed E-state index contributed by atoms with van der Waals surface area (Å²) in [6.07, 6.45) is 1.56. The predicted octanol–water partition coefficient (Wildman–Crippen LogP) is 0.819. The molecule has 1 aliphatic heterocycles. The van der Waals surface area contributed by atoms with Crippen LogP contribution in [0.25, 0.3) is 0 Å². The van der Waals surface area contributed by atoms with Crippen molar-refractivity contribution >= 4 is 17.5 Å². The molecule has 1 aromatic carbocycles. The van der Waals surface area contributed by atoms with Crippen LogP contribution >= 0.6 is 0 Å². The van der Waals surface area contributed by atoms with Crippen LogP contribution in [0.4, 0.5) is 5.69 Å². The second-order valence-electron chi connectivity index (χ2n) is 5.22. The molecule has 0 aliphatic carbocycles. The number of carbonyl (C=O) groups is 2. The van der Waals surface area contributed by atoms with Crippen molar-refractivity contribution in [1.29, 1.82) is 0 Å². The average molecular weight is 275 g/mol. The van der Waals surface area contributed by atoms with Gasteiger partial charge in [0.05, 0.1) is 6.42 Å². The van der Waals surface area contributed by atoms with E-state index in [1.165, 1.54) is 0 Å². The van der Waals surface area contributed by atoms with Gasteiger partial charge in [-0.25, -0.2) is 0 Å². The van der Waals surface area contributed by atoms with Crippen molar-refractivity contribution in [2.24, 2.45) is 5.73 Å². The van der Waals surface area contributed by atoms with Crippen molar-refractivity contribution in [1.82, 2.24) is 5.32 Å². The summed E-state index contributed by atoms with van der Waals surface area (Å²) in [7, 11) is 0. The normalized spacial score (nSPS) is 15.1. The number of hydrogen-bond donors (Lipinski definition) is 2. The van der Waals surface area contributed by atoms with E-state index in [4.69, 9.17) is 5.73 Å². The molecule has 3 N–H and O–H groups in total. The Labute approximate surface area is 119 Å². The van der Waals surface area contributed by atoms with E-state index in [0.717, 1.165) is 11.3 Å². The van der Waals surface area contributed by atoms with Crippen LogP contribution < -0.4 is 16.0 Å². The molecule has 0 saturated carbocycles. The number of carbonyl (C=O) groups excluding carboxylic acids is 2. The second kappa shape index (κ2) is 6.52. The summed E-state index contributed by atoms with van der Waals surface area (Å²) in [5.74, 6) is 0.0817. The van der Waals surface area contributed by atoms with E-state index in [1.54, 1.807) is 4.90 Å². The van der Waals surface area contributed by atoms with Gasteiger partial charge in [-0.05, 0) is 25.0 Å². The first-order valence-corrected chi connectivity index (χ1v) is 6.98. The molecule has 0 saturated heterocycles. The van der Waals surface area contributed by atoms with Crippen LogP contribution in [0, 0.1) is 0 Å². The highest BCUT2D eigenvalue weighted by Gasteiger charge is 2.26. The topological polar surface area (TPSA) is 75.4 Å². The second-order valence-corrected chi connectivity index (χ2v) is 5.22. The Bertz CT molecular complexity index is 500. The lowest BCUT2D eigenvalue weighted by atomic mass is 10.2. The zero-order valence-corrected chi connectivity index (χ0v) is 11.8. The maximum Gasteiger partial charge on any atom is 0.231 e. The van der Waals surface area contributed by atoms with Gasteiger partial charge in [-0.3, -0.25) is 9.59 Å². The highest BCUT2D eigenvalue weighted by molar-refractivity contribution is 6.01. The van der Waals surface area contributed by atoms with Crippen molar-refractivity contribution in [3.63, 3.8) is 0 Å². The minimum absolute atomic E-state index is 0.0118. The lowest BCUT2D eigenvalue weighted by Gasteiger charge is -2.17. The number of nitrogens with two attached hydrogens (primary N) is 1. The number of nitrogens with one attached hydrogen (secondary N) is 1. The highest BCUT2D eigenvalue weighted by atomic mass is 16.2. The number of hydrogen-bond acceptors (Lipinski definition) is 3. The van der Waals surface area contributed by atoms with Gasteiger partial charge in [0.1, 0.15) is 0 Å². The monoisotopic (exact) mass is 275 g/mol. The van der Waals surface area contributed by atoms with Crippen LogP contribution in [-0.4, -0.2) is 30.9 Å². The maximum atomic E-state index is 11.9. The third kappa shape index (κ3) is 3.57. The van der Waals surface area contributed by atoms with Gasteiger partial charge in [0.25, 0.3) is 0 Å². The van der Waals surface area contributed by atoms with Gasteiger partial charge in [0, 0.05) is 31.2 Å². The van der Waals surface area contributed by atoms with E-state index in [0.29, 0.717) is 32.4 Å². The molecular formula is C15H21N3O2. The van der Waals surface area contributed by atoms with Crippen molar-refractivity contribution in [3.05, 3.63) is 29.8 Å². The van der Waals surface area contributed by atoms with Gasteiger partial charge in [-0.1, -0.05) is 18.2 Å². The fourth-order valence-electron chi connectivity index (χ4n) is 2.32. The average Bonchev–Trinajstić information content (AvgIpc) is 2.73. The molecule has 1 aliphatic rings. The Morgan fingerprint density at radius 1 is 1.45 bits per heavy atom. The van der Waals surface area contributed by atoms with E-state index in [2.05, 4.69) is 5.32 Å². The van der Waals surface area contributed by atoms with Crippen LogP contribution in [0.3, 0.4) is 0 Å². The maximum absolute atomic E-state index is 11.9. The molecule has 1 unspecified atom stereocenters.